The molecule has 5 nitrogen and oxygen atoms in total. The number of hydrogen-bond acceptors (Lipinski definition) is 4. The van der Waals surface area contributed by atoms with Crippen LogP contribution in [-0.4, -0.2) is 36.5 Å². The van der Waals surface area contributed by atoms with Crippen molar-refractivity contribution >= 4 is 17.6 Å². The second-order valence-corrected chi connectivity index (χ2v) is 6.38. The average molecular weight is 358 g/mol. The maximum Gasteiger partial charge on any atom is 0.338 e. The molecule has 26 heavy (non-hydrogen) atoms. The van der Waals surface area contributed by atoms with E-state index in [1.807, 2.05) is 6.07 Å². The Bertz CT molecular complexity index is 760. The standard InChI is InChI=1S/C20H23FN2O3/c1-14(2)26-20(25)16-7-9-18(10-8-16)22-19(24)13-23(3)12-15-5-4-6-17(21)11-15/h4-11,14H,12-13H2,1-3H3,(H,22,24). The molecule has 0 heterocycles. The van der Waals surface area contributed by atoms with Crippen molar-refractivity contribution < 1.29 is 18.7 Å². The highest BCUT2D eigenvalue weighted by Crippen LogP contribution is 2.12. The molecule has 0 saturated heterocycles. The lowest BCUT2D eigenvalue weighted by molar-refractivity contribution is -0.117. The normalized spacial score (nSPS) is 10.8. The van der Waals surface area contributed by atoms with Gasteiger partial charge in [0.2, 0.25) is 5.91 Å². The summed E-state index contributed by atoms with van der Waals surface area (Å²) in [5.74, 6) is -0.884. The predicted octanol–water partition coefficient (Wildman–Crippen LogP) is 3.46. The summed E-state index contributed by atoms with van der Waals surface area (Å²) in [4.78, 5) is 25.7. The lowest BCUT2D eigenvalue weighted by atomic mass is 10.2. The summed E-state index contributed by atoms with van der Waals surface area (Å²) in [6.07, 6.45) is -0.185. The lowest BCUT2D eigenvalue weighted by Gasteiger charge is -2.16. The molecule has 0 aromatic heterocycles. The highest BCUT2D eigenvalue weighted by atomic mass is 19.1. The van der Waals surface area contributed by atoms with E-state index in [2.05, 4.69) is 5.32 Å². The van der Waals surface area contributed by atoms with Gasteiger partial charge in [-0.05, 0) is 62.9 Å². The van der Waals surface area contributed by atoms with Crippen LogP contribution in [0, 0.1) is 5.82 Å². The van der Waals surface area contributed by atoms with Crippen molar-refractivity contribution in [1.82, 2.24) is 4.90 Å². The number of carbonyl (C=O) groups excluding carboxylic acids is 2. The van der Waals surface area contributed by atoms with Crippen LogP contribution in [0.3, 0.4) is 0 Å². The molecule has 2 aromatic carbocycles. The number of rotatable bonds is 7. The van der Waals surface area contributed by atoms with Crippen LogP contribution in [0.15, 0.2) is 48.5 Å². The maximum atomic E-state index is 13.2. The van der Waals surface area contributed by atoms with Gasteiger partial charge >= 0.3 is 5.97 Å². The van der Waals surface area contributed by atoms with Gasteiger partial charge in [0.15, 0.2) is 0 Å². The molecular formula is C20H23FN2O3. The van der Waals surface area contributed by atoms with Crippen LogP contribution in [0.25, 0.3) is 0 Å². The number of likely N-dealkylation sites (N-methyl/N-ethyl adjacent to an activating group) is 1. The molecule has 1 N–H and O–H groups in total. The zero-order chi connectivity index (χ0) is 19.1. The van der Waals surface area contributed by atoms with Gasteiger partial charge < -0.3 is 10.1 Å². The highest BCUT2D eigenvalue weighted by molar-refractivity contribution is 5.94. The van der Waals surface area contributed by atoms with Gasteiger partial charge in [0, 0.05) is 12.2 Å². The minimum atomic E-state index is -0.396. The van der Waals surface area contributed by atoms with Gasteiger partial charge in [0.1, 0.15) is 5.82 Å². The second-order valence-electron chi connectivity index (χ2n) is 6.38. The van der Waals surface area contributed by atoms with E-state index in [9.17, 15) is 14.0 Å². The molecule has 0 unspecified atom stereocenters. The Hall–Kier alpha value is -2.73. The third kappa shape index (κ3) is 6.29. The molecule has 0 bridgehead atoms. The first kappa shape index (κ1) is 19.6. The van der Waals surface area contributed by atoms with E-state index in [1.165, 1.54) is 12.1 Å². The van der Waals surface area contributed by atoms with Gasteiger partial charge in [-0.1, -0.05) is 12.1 Å². The van der Waals surface area contributed by atoms with Gasteiger partial charge in [-0.15, -0.1) is 0 Å². The zero-order valence-electron chi connectivity index (χ0n) is 15.2. The SMILES string of the molecule is CC(C)OC(=O)c1ccc(NC(=O)CN(C)Cc2cccc(F)c2)cc1. The number of carbonyl (C=O) groups is 2. The number of halogens is 1. The van der Waals surface area contributed by atoms with Crippen molar-refractivity contribution in [1.29, 1.82) is 0 Å². The van der Waals surface area contributed by atoms with Gasteiger partial charge in [-0.25, -0.2) is 9.18 Å². The molecule has 0 radical (unpaired) electrons. The number of nitrogens with zero attached hydrogens (tertiary/aromatic N) is 1. The minimum Gasteiger partial charge on any atom is -0.459 e. The average Bonchev–Trinajstić information content (AvgIpc) is 2.54. The number of esters is 1. The second kappa shape index (κ2) is 9.10. The highest BCUT2D eigenvalue weighted by Gasteiger charge is 2.11. The Morgan fingerprint density at radius 2 is 1.85 bits per heavy atom. The monoisotopic (exact) mass is 358 g/mol. The molecule has 0 spiro atoms. The molecule has 0 fully saturated rings. The smallest absolute Gasteiger partial charge is 0.338 e. The third-order valence-electron chi connectivity index (χ3n) is 3.50. The van der Waals surface area contributed by atoms with Crippen LogP contribution in [-0.2, 0) is 16.1 Å². The predicted molar refractivity (Wildman–Crippen MR) is 98.4 cm³/mol. The van der Waals surface area contributed by atoms with Gasteiger partial charge in [0.05, 0.1) is 18.2 Å². The van der Waals surface area contributed by atoms with E-state index in [0.717, 1.165) is 5.56 Å². The number of anilines is 1. The molecule has 138 valence electrons. The Morgan fingerprint density at radius 3 is 2.46 bits per heavy atom. The summed E-state index contributed by atoms with van der Waals surface area (Å²) in [5, 5.41) is 2.77. The number of ether oxygens (including phenoxy) is 1. The van der Waals surface area contributed by atoms with Gasteiger partial charge in [-0.2, -0.15) is 0 Å². The summed E-state index contributed by atoms with van der Waals surface area (Å²) in [7, 11) is 1.79. The first-order valence-electron chi connectivity index (χ1n) is 8.37. The van der Waals surface area contributed by atoms with E-state index in [0.29, 0.717) is 17.8 Å². The van der Waals surface area contributed by atoms with Crippen molar-refractivity contribution in [2.24, 2.45) is 0 Å². The molecule has 2 aromatic rings. The Balaban J connectivity index is 1.86. The Kier molecular flexibility index (Phi) is 6.86. The molecule has 0 saturated carbocycles. The van der Waals surface area contributed by atoms with E-state index in [1.54, 1.807) is 56.1 Å². The maximum absolute atomic E-state index is 13.2. The third-order valence-corrected chi connectivity index (χ3v) is 3.50. The fourth-order valence-electron chi connectivity index (χ4n) is 2.42. The number of amides is 1. The van der Waals surface area contributed by atoms with E-state index in [-0.39, 0.29) is 24.4 Å². The van der Waals surface area contributed by atoms with Crippen LogP contribution in [0.5, 0.6) is 0 Å². The van der Waals surface area contributed by atoms with E-state index in [4.69, 9.17) is 4.74 Å². The zero-order valence-corrected chi connectivity index (χ0v) is 15.2. The van der Waals surface area contributed by atoms with Crippen molar-refractivity contribution in [2.45, 2.75) is 26.5 Å². The quantitative estimate of drug-likeness (QED) is 0.770. The summed E-state index contributed by atoms with van der Waals surface area (Å²) in [6.45, 7) is 4.19. The largest absolute Gasteiger partial charge is 0.459 e. The van der Waals surface area contributed by atoms with Crippen LogP contribution >= 0.6 is 0 Å². The number of benzene rings is 2. The first-order valence-corrected chi connectivity index (χ1v) is 8.37. The molecule has 0 atom stereocenters. The molecule has 0 aliphatic rings. The van der Waals surface area contributed by atoms with E-state index < -0.39 is 5.97 Å². The fraction of sp³-hybridized carbons (Fsp3) is 0.300. The summed E-state index contributed by atoms with van der Waals surface area (Å²) >= 11 is 0. The Morgan fingerprint density at radius 1 is 1.15 bits per heavy atom. The van der Waals surface area contributed by atoms with Crippen LogP contribution in [0.4, 0.5) is 10.1 Å². The van der Waals surface area contributed by atoms with Crippen molar-refractivity contribution in [3.05, 3.63) is 65.5 Å². The molecule has 0 aliphatic heterocycles. The van der Waals surface area contributed by atoms with Gasteiger partial charge in [0.25, 0.3) is 0 Å². The minimum absolute atomic E-state index is 0.160. The molecular weight excluding hydrogens is 335 g/mol. The van der Waals surface area contributed by atoms with Crippen LogP contribution < -0.4 is 5.32 Å². The van der Waals surface area contributed by atoms with Crippen molar-refractivity contribution in [3.8, 4) is 0 Å². The van der Waals surface area contributed by atoms with Gasteiger partial charge in [-0.3, -0.25) is 9.69 Å². The summed E-state index contributed by atoms with van der Waals surface area (Å²) in [5.41, 5.74) is 1.82. The Labute approximate surface area is 152 Å². The van der Waals surface area contributed by atoms with Crippen LogP contribution in [0.1, 0.15) is 29.8 Å². The van der Waals surface area contributed by atoms with Crippen molar-refractivity contribution in [3.63, 3.8) is 0 Å². The fourth-order valence-corrected chi connectivity index (χ4v) is 2.42. The molecule has 1 amide bonds. The summed E-state index contributed by atoms with van der Waals surface area (Å²) < 4.78 is 18.3. The van der Waals surface area contributed by atoms with Crippen molar-refractivity contribution in [2.75, 3.05) is 18.9 Å². The van der Waals surface area contributed by atoms with Crippen LogP contribution in [0.2, 0.25) is 0 Å². The van der Waals surface area contributed by atoms with E-state index >= 15 is 0 Å². The summed E-state index contributed by atoms with van der Waals surface area (Å²) in [6, 6.07) is 12.8. The topological polar surface area (TPSA) is 58.6 Å². The first-order chi connectivity index (χ1) is 12.3. The lowest BCUT2D eigenvalue weighted by Crippen LogP contribution is -2.29. The molecule has 6 heteroatoms. The number of nitrogens with one attached hydrogen (secondary N) is 1. The molecule has 0 aliphatic carbocycles. The molecule has 2 rings (SSSR count). The number of hydrogen-bond donors (Lipinski definition) is 1.